The van der Waals surface area contributed by atoms with E-state index in [2.05, 4.69) is 40.4 Å². The van der Waals surface area contributed by atoms with Crippen LogP contribution >= 0.6 is 11.6 Å². The minimum Gasteiger partial charge on any atom is -0.322 e. The molecule has 0 aromatic heterocycles. The van der Waals surface area contributed by atoms with Crippen LogP contribution in [0.5, 0.6) is 0 Å². The SMILES string of the molecule is O=C(Nc1cc(Cl)ccc1F)C1CC(c2cccc3ccccc23)NN1. The molecule has 1 aliphatic rings. The molecule has 2 unspecified atom stereocenters. The predicted octanol–water partition coefficient (Wildman–Crippen LogP) is 4.18. The van der Waals surface area contributed by atoms with E-state index in [1.807, 2.05) is 18.2 Å². The van der Waals surface area contributed by atoms with Crippen molar-refractivity contribution in [3.05, 3.63) is 77.1 Å². The van der Waals surface area contributed by atoms with Crippen molar-refractivity contribution in [3.63, 3.8) is 0 Å². The van der Waals surface area contributed by atoms with Crippen LogP contribution in [0.2, 0.25) is 5.02 Å². The zero-order chi connectivity index (χ0) is 18.1. The zero-order valence-electron chi connectivity index (χ0n) is 13.8. The Labute approximate surface area is 155 Å². The quantitative estimate of drug-likeness (QED) is 0.649. The van der Waals surface area contributed by atoms with Crippen molar-refractivity contribution < 1.29 is 9.18 Å². The molecule has 1 fully saturated rings. The van der Waals surface area contributed by atoms with Gasteiger partial charge in [-0.05, 0) is 41.0 Å². The Morgan fingerprint density at radius 1 is 1.08 bits per heavy atom. The monoisotopic (exact) mass is 369 g/mol. The number of fused-ring (bicyclic) bond motifs is 1. The van der Waals surface area contributed by atoms with Gasteiger partial charge in [-0.25, -0.2) is 15.2 Å². The second kappa shape index (κ2) is 7.03. The van der Waals surface area contributed by atoms with Gasteiger partial charge in [-0.2, -0.15) is 0 Å². The van der Waals surface area contributed by atoms with Crippen molar-refractivity contribution in [1.29, 1.82) is 0 Å². The van der Waals surface area contributed by atoms with Gasteiger partial charge in [0.1, 0.15) is 11.9 Å². The van der Waals surface area contributed by atoms with Gasteiger partial charge >= 0.3 is 0 Å². The molecular formula is C20H17ClFN3O. The van der Waals surface area contributed by atoms with Crippen LogP contribution in [0.1, 0.15) is 18.0 Å². The van der Waals surface area contributed by atoms with Crippen molar-refractivity contribution in [2.45, 2.75) is 18.5 Å². The summed E-state index contributed by atoms with van der Waals surface area (Å²) in [6, 6.07) is 17.9. The molecule has 1 amide bonds. The molecule has 3 N–H and O–H groups in total. The van der Waals surface area contributed by atoms with Crippen molar-refractivity contribution in [2.75, 3.05) is 5.32 Å². The largest absolute Gasteiger partial charge is 0.322 e. The predicted molar refractivity (Wildman–Crippen MR) is 101 cm³/mol. The molecule has 0 aliphatic carbocycles. The van der Waals surface area contributed by atoms with Gasteiger partial charge in [0.15, 0.2) is 0 Å². The molecule has 6 heteroatoms. The maximum atomic E-state index is 13.8. The Morgan fingerprint density at radius 3 is 2.77 bits per heavy atom. The number of hydrazine groups is 1. The summed E-state index contributed by atoms with van der Waals surface area (Å²) in [6.45, 7) is 0. The van der Waals surface area contributed by atoms with Crippen LogP contribution in [0.3, 0.4) is 0 Å². The molecule has 26 heavy (non-hydrogen) atoms. The van der Waals surface area contributed by atoms with E-state index >= 15 is 0 Å². The second-order valence-electron chi connectivity index (χ2n) is 6.31. The van der Waals surface area contributed by atoms with Crippen LogP contribution in [-0.2, 0) is 4.79 Å². The van der Waals surface area contributed by atoms with Crippen molar-refractivity contribution in [1.82, 2.24) is 10.9 Å². The molecular weight excluding hydrogens is 353 g/mol. The van der Waals surface area contributed by atoms with Gasteiger partial charge in [0.05, 0.1) is 5.69 Å². The molecule has 0 radical (unpaired) electrons. The van der Waals surface area contributed by atoms with E-state index in [4.69, 9.17) is 11.6 Å². The van der Waals surface area contributed by atoms with Crippen LogP contribution < -0.4 is 16.2 Å². The Hall–Kier alpha value is -2.47. The normalized spacial score (nSPS) is 19.6. The smallest absolute Gasteiger partial charge is 0.243 e. The maximum absolute atomic E-state index is 13.8. The molecule has 3 aromatic rings. The lowest BCUT2D eigenvalue weighted by atomic mass is 9.96. The first-order chi connectivity index (χ1) is 12.6. The molecule has 0 spiro atoms. The average Bonchev–Trinajstić information content (AvgIpc) is 3.14. The molecule has 132 valence electrons. The van der Waals surface area contributed by atoms with Crippen LogP contribution in [0.4, 0.5) is 10.1 Å². The molecule has 1 aliphatic heterocycles. The minimum atomic E-state index is -0.515. The standard InChI is InChI=1S/C20H17ClFN3O/c21-13-8-9-16(22)18(10-13)23-20(26)19-11-17(24-25-19)15-7-3-5-12-4-1-2-6-14(12)15/h1-10,17,19,24-25H,11H2,(H,23,26). The second-order valence-corrected chi connectivity index (χ2v) is 6.75. The number of nitrogens with one attached hydrogen (secondary N) is 3. The Morgan fingerprint density at radius 2 is 1.88 bits per heavy atom. The highest BCUT2D eigenvalue weighted by atomic mass is 35.5. The number of carbonyl (C=O) groups excluding carboxylic acids is 1. The zero-order valence-corrected chi connectivity index (χ0v) is 14.6. The third-order valence-corrected chi connectivity index (χ3v) is 4.84. The number of hydrogen-bond acceptors (Lipinski definition) is 3. The number of amides is 1. The third kappa shape index (κ3) is 3.29. The van der Waals surface area contributed by atoms with E-state index in [0.29, 0.717) is 11.4 Å². The van der Waals surface area contributed by atoms with Crippen molar-refractivity contribution in [3.8, 4) is 0 Å². The Kier molecular flexibility index (Phi) is 4.59. The number of benzene rings is 3. The summed E-state index contributed by atoms with van der Waals surface area (Å²) in [6.07, 6.45) is 0.558. The highest BCUT2D eigenvalue weighted by molar-refractivity contribution is 6.30. The molecule has 3 aromatic carbocycles. The van der Waals surface area contributed by atoms with E-state index in [1.165, 1.54) is 18.2 Å². The van der Waals surface area contributed by atoms with E-state index in [-0.39, 0.29) is 17.6 Å². The fourth-order valence-electron chi connectivity index (χ4n) is 3.30. The summed E-state index contributed by atoms with van der Waals surface area (Å²) in [5.41, 5.74) is 7.39. The average molecular weight is 370 g/mol. The first-order valence-electron chi connectivity index (χ1n) is 8.36. The summed E-state index contributed by atoms with van der Waals surface area (Å²) in [5, 5.41) is 5.27. The lowest BCUT2D eigenvalue weighted by molar-refractivity contribution is -0.117. The van der Waals surface area contributed by atoms with E-state index in [9.17, 15) is 9.18 Å². The molecule has 2 atom stereocenters. The lowest BCUT2D eigenvalue weighted by Gasteiger charge is -2.13. The summed E-state index contributed by atoms with van der Waals surface area (Å²) in [5.74, 6) is -0.819. The van der Waals surface area contributed by atoms with Gasteiger partial charge in [0.25, 0.3) is 0 Å². The summed E-state index contributed by atoms with van der Waals surface area (Å²) in [7, 11) is 0. The number of hydrogen-bond donors (Lipinski definition) is 3. The van der Waals surface area contributed by atoms with Crippen LogP contribution in [0, 0.1) is 5.82 Å². The van der Waals surface area contributed by atoms with Gasteiger partial charge in [-0.15, -0.1) is 0 Å². The topological polar surface area (TPSA) is 53.2 Å². The maximum Gasteiger partial charge on any atom is 0.243 e. The minimum absolute atomic E-state index is 0.0129. The molecule has 4 nitrogen and oxygen atoms in total. The van der Waals surface area contributed by atoms with Crippen molar-refractivity contribution in [2.24, 2.45) is 0 Å². The summed E-state index contributed by atoms with van der Waals surface area (Å²) >= 11 is 5.87. The fraction of sp³-hybridized carbons (Fsp3) is 0.150. The molecule has 4 rings (SSSR count). The van der Waals surface area contributed by atoms with Crippen molar-refractivity contribution >= 4 is 34.0 Å². The van der Waals surface area contributed by atoms with Crippen LogP contribution in [-0.4, -0.2) is 11.9 Å². The number of halogens is 2. The molecule has 0 bridgehead atoms. The lowest BCUT2D eigenvalue weighted by Crippen LogP contribution is -2.39. The number of anilines is 1. The highest BCUT2D eigenvalue weighted by Gasteiger charge is 2.31. The van der Waals surface area contributed by atoms with Crippen LogP contribution in [0.15, 0.2) is 60.7 Å². The van der Waals surface area contributed by atoms with E-state index < -0.39 is 11.9 Å². The van der Waals surface area contributed by atoms with Gasteiger partial charge in [0, 0.05) is 11.1 Å². The van der Waals surface area contributed by atoms with Crippen LogP contribution in [0.25, 0.3) is 10.8 Å². The molecule has 1 heterocycles. The van der Waals surface area contributed by atoms with Gasteiger partial charge in [0.2, 0.25) is 5.91 Å². The van der Waals surface area contributed by atoms with Gasteiger partial charge in [-0.1, -0.05) is 54.1 Å². The van der Waals surface area contributed by atoms with Gasteiger partial charge in [-0.3, -0.25) is 4.79 Å². The first kappa shape index (κ1) is 17.0. The fourth-order valence-corrected chi connectivity index (χ4v) is 3.47. The summed E-state index contributed by atoms with van der Waals surface area (Å²) < 4.78 is 13.8. The third-order valence-electron chi connectivity index (χ3n) is 4.60. The van der Waals surface area contributed by atoms with Gasteiger partial charge < -0.3 is 5.32 Å². The Balaban J connectivity index is 1.51. The number of rotatable bonds is 3. The summed E-state index contributed by atoms with van der Waals surface area (Å²) in [4.78, 5) is 12.5. The van der Waals surface area contributed by atoms with E-state index in [0.717, 1.165) is 16.3 Å². The number of carbonyl (C=O) groups is 1. The van der Waals surface area contributed by atoms with E-state index in [1.54, 1.807) is 0 Å². The first-order valence-corrected chi connectivity index (χ1v) is 8.74. The molecule has 0 saturated carbocycles. The highest BCUT2D eigenvalue weighted by Crippen LogP contribution is 2.29. The molecule has 1 saturated heterocycles. The Bertz CT molecular complexity index is 973.